The largest absolute Gasteiger partial charge is 0.497 e. The van der Waals surface area contributed by atoms with Crippen LogP contribution in [0.2, 0.25) is 0 Å². The van der Waals surface area contributed by atoms with E-state index in [2.05, 4.69) is 26.6 Å². The summed E-state index contributed by atoms with van der Waals surface area (Å²) < 4.78 is 11.1. The van der Waals surface area contributed by atoms with Crippen LogP contribution in [0.1, 0.15) is 5.56 Å². The Morgan fingerprint density at radius 1 is 0.958 bits per heavy atom. The standard InChI is InChI=1S/C17H17BrN2O4/c1-10-4-5-11(8-13(10)18)19-16(21)17(22)20-14-9-12(23-2)6-7-15(14)24-3/h4-9H,1-3H3,(H,19,21)(H,20,22). The van der Waals surface area contributed by atoms with Crippen LogP contribution in [0.5, 0.6) is 11.5 Å². The van der Waals surface area contributed by atoms with Gasteiger partial charge in [0.2, 0.25) is 0 Å². The van der Waals surface area contributed by atoms with Crippen LogP contribution in [0.15, 0.2) is 40.9 Å². The van der Waals surface area contributed by atoms with E-state index in [1.165, 1.54) is 14.2 Å². The van der Waals surface area contributed by atoms with Crippen LogP contribution in [0.4, 0.5) is 11.4 Å². The third-order valence-electron chi connectivity index (χ3n) is 3.29. The molecule has 0 heterocycles. The van der Waals surface area contributed by atoms with Crippen molar-refractivity contribution >= 4 is 39.1 Å². The van der Waals surface area contributed by atoms with Crippen LogP contribution >= 0.6 is 15.9 Å². The summed E-state index contributed by atoms with van der Waals surface area (Å²) in [6.07, 6.45) is 0. The molecule has 2 N–H and O–H groups in total. The van der Waals surface area contributed by atoms with Crippen LogP contribution in [-0.2, 0) is 9.59 Å². The molecule has 0 aromatic heterocycles. The second-order valence-corrected chi connectivity index (χ2v) is 5.79. The maximum atomic E-state index is 12.1. The summed E-state index contributed by atoms with van der Waals surface area (Å²) >= 11 is 3.38. The van der Waals surface area contributed by atoms with Crippen molar-refractivity contribution < 1.29 is 19.1 Å². The Morgan fingerprint density at radius 2 is 1.67 bits per heavy atom. The van der Waals surface area contributed by atoms with Crippen molar-refractivity contribution in [2.24, 2.45) is 0 Å². The van der Waals surface area contributed by atoms with E-state index < -0.39 is 11.8 Å². The van der Waals surface area contributed by atoms with Gasteiger partial charge in [-0.1, -0.05) is 22.0 Å². The molecule has 0 aliphatic rings. The van der Waals surface area contributed by atoms with E-state index in [0.717, 1.165) is 10.0 Å². The van der Waals surface area contributed by atoms with E-state index in [-0.39, 0.29) is 0 Å². The monoisotopic (exact) mass is 392 g/mol. The maximum absolute atomic E-state index is 12.1. The predicted molar refractivity (Wildman–Crippen MR) is 95.7 cm³/mol. The highest BCUT2D eigenvalue weighted by Crippen LogP contribution is 2.29. The molecule has 0 atom stereocenters. The minimum absolute atomic E-state index is 0.349. The van der Waals surface area contributed by atoms with Gasteiger partial charge in [0.1, 0.15) is 11.5 Å². The third-order valence-corrected chi connectivity index (χ3v) is 4.15. The molecular weight excluding hydrogens is 376 g/mol. The first-order valence-electron chi connectivity index (χ1n) is 7.05. The molecule has 0 aliphatic carbocycles. The van der Waals surface area contributed by atoms with Crippen molar-refractivity contribution in [3.05, 3.63) is 46.4 Å². The highest BCUT2D eigenvalue weighted by Gasteiger charge is 2.17. The van der Waals surface area contributed by atoms with Crippen LogP contribution in [-0.4, -0.2) is 26.0 Å². The van der Waals surface area contributed by atoms with Gasteiger partial charge in [-0.25, -0.2) is 0 Å². The number of anilines is 2. The van der Waals surface area contributed by atoms with Crippen LogP contribution in [0.25, 0.3) is 0 Å². The van der Waals surface area contributed by atoms with E-state index in [4.69, 9.17) is 9.47 Å². The third kappa shape index (κ3) is 4.26. The summed E-state index contributed by atoms with van der Waals surface area (Å²) in [6, 6.07) is 10.2. The summed E-state index contributed by atoms with van der Waals surface area (Å²) in [7, 11) is 2.98. The fourth-order valence-electron chi connectivity index (χ4n) is 1.95. The van der Waals surface area contributed by atoms with Crippen molar-refractivity contribution in [1.82, 2.24) is 0 Å². The maximum Gasteiger partial charge on any atom is 0.314 e. The minimum Gasteiger partial charge on any atom is -0.497 e. The fraction of sp³-hybridized carbons (Fsp3) is 0.176. The number of ether oxygens (including phenoxy) is 2. The number of benzene rings is 2. The molecule has 0 saturated carbocycles. The molecule has 0 unspecified atom stereocenters. The SMILES string of the molecule is COc1ccc(OC)c(NC(=O)C(=O)Nc2ccc(C)c(Br)c2)c1. The Bertz CT molecular complexity index is 777. The zero-order valence-corrected chi connectivity index (χ0v) is 15.1. The normalized spacial score (nSPS) is 10.0. The molecule has 0 bridgehead atoms. The summed E-state index contributed by atoms with van der Waals surface area (Å²) in [5, 5.41) is 5.06. The van der Waals surface area contributed by atoms with Crippen molar-refractivity contribution in [3.63, 3.8) is 0 Å². The summed E-state index contributed by atoms with van der Waals surface area (Å²) in [5.41, 5.74) is 1.89. The van der Waals surface area contributed by atoms with Gasteiger partial charge < -0.3 is 20.1 Å². The first-order chi connectivity index (χ1) is 11.4. The molecule has 2 rings (SSSR count). The number of carbonyl (C=O) groups excluding carboxylic acids is 2. The fourth-order valence-corrected chi connectivity index (χ4v) is 2.33. The van der Waals surface area contributed by atoms with Gasteiger partial charge in [0.05, 0.1) is 19.9 Å². The Kier molecular flexibility index (Phi) is 5.81. The van der Waals surface area contributed by atoms with Crippen molar-refractivity contribution in [3.8, 4) is 11.5 Å². The summed E-state index contributed by atoms with van der Waals surface area (Å²) in [5.74, 6) is -0.627. The molecule has 7 heteroatoms. The molecule has 0 saturated heterocycles. The van der Waals surface area contributed by atoms with Crippen molar-refractivity contribution in [2.75, 3.05) is 24.9 Å². The minimum atomic E-state index is -0.807. The Hall–Kier alpha value is -2.54. The van der Waals surface area contributed by atoms with Crippen LogP contribution < -0.4 is 20.1 Å². The lowest BCUT2D eigenvalue weighted by Crippen LogP contribution is -2.29. The Morgan fingerprint density at radius 3 is 2.29 bits per heavy atom. The Balaban J connectivity index is 2.11. The molecule has 0 spiro atoms. The van der Waals surface area contributed by atoms with Gasteiger partial charge in [0.25, 0.3) is 0 Å². The molecule has 0 aliphatic heterocycles. The highest BCUT2D eigenvalue weighted by atomic mass is 79.9. The summed E-state index contributed by atoms with van der Waals surface area (Å²) in [4.78, 5) is 24.2. The van der Waals surface area contributed by atoms with Gasteiger partial charge in [-0.05, 0) is 36.8 Å². The molecule has 2 aromatic rings. The second kappa shape index (κ2) is 7.83. The van der Waals surface area contributed by atoms with Gasteiger partial charge >= 0.3 is 11.8 Å². The van der Waals surface area contributed by atoms with E-state index in [0.29, 0.717) is 22.9 Å². The number of nitrogens with one attached hydrogen (secondary N) is 2. The number of hydrogen-bond donors (Lipinski definition) is 2. The lowest BCUT2D eigenvalue weighted by molar-refractivity contribution is -0.133. The average Bonchev–Trinajstić information content (AvgIpc) is 2.58. The number of aryl methyl sites for hydroxylation is 1. The molecule has 6 nitrogen and oxygen atoms in total. The van der Waals surface area contributed by atoms with Gasteiger partial charge in [-0.3, -0.25) is 9.59 Å². The topological polar surface area (TPSA) is 76.7 Å². The number of rotatable bonds is 4. The molecule has 2 aromatic carbocycles. The quantitative estimate of drug-likeness (QED) is 0.782. The van der Waals surface area contributed by atoms with E-state index in [1.807, 2.05) is 13.0 Å². The smallest absolute Gasteiger partial charge is 0.314 e. The van der Waals surface area contributed by atoms with E-state index in [9.17, 15) is 9.59 Å². The van der Waals surface area contributed by atoms with Gasteiger partial charge in [0.15, 0.2) is 0 Å². The molecular formula is C17H17BrN2O4. The number of carbonyl (C=O) groups is 2. The van der Waals surface area contributed by atoms with Crippen LogP contribution in [0.3, 0.4) is 0 Å². The van der Waals surface area contributed by atoms with E-state index in [1.54, 1.807) is 30.3 Å². The van der Waals surface area contributed by atoms with E-state index >= 15 is 0 Å². The van der Waals surface area contributed by atoms with Crippen LogP contribution in [0, 0.1) is 6.92 Å². The zero-order valence-electron chi connectivity index (χ0n) is 13.5. The number of halogens is 1. The van der Waals surface area contributed by atoms with Crippen molar-refractivity contribution in [2.45, 2.75) is 6.92 Å². The first kappa shape index (κ1) is 17.8. The average molecular weight is 393 g/mol. The number of hydrogen-bond acceptors (Lipinski definition) is 4. The number of methoxy groups -OCH3 is 2. The molecule has 126 valence electrons. The molecule has 0 fully saturated rings. The van der Waals surface area contributed by atoms with Gasteiger partial charge in [0, 0.05) is 16.2 Å². The second-order valence-electron chi connectivity index (χ2n) is 4.94. The predicted octanol–water partition coefficient (Wildman–Crippen LogP) is 3.35. The molecule has 0 radical (unpaired) electrons. The highest BCUT2D eigenvalue weighted by molar-refractivity contribution is 9.10. The zero-order chi connectivity index (χ0) is 17.7. The lowest BCUT2D eigenvalue weighted by Gasteiger charge is -2.12. The van der Waals surface area contributed by atoms with Gasteiger partial charge in [-0.2, -0.15) is 0 Å². The number of amides is 2. The lowest BCUT2D eigenvalue weighted by atomic mass is 10.2. The molecule has 24 heavy (non-hydrogen) atoms. The molecule has 2 amide bonds. The van der Waals surface area contributed by atoms with Gasteiger partial charge in [-0.15, -0.1) is 0 Å². The first-order valence-corrected chi connectivity index (χ1v) is 7.84. The summed E-state index contributed by atoms with van der Waals surface area (Å²) in [6.45, 7) is 1.93. The van der Waals surface area contributed by atoms with Crippen molar-refractivity contribution in [1.29, 1.82) is 0 Å². The Labute approximate surface area is 148 Å².